The molecule has 76 valence electrons. The van der Waals surface area contributed by atoms with Gasteiger partial charge in [0.15, 0.2) is 0 Å². The van der Waals surface area contributed by atoms with E-state index < -0.39 is 0 Å². The molecule has 0 spiro atoms. The van der Waals surface area contributed by atoms with Gasteiger partial charge in [-0.05, 0) is 54.8 Å². The van der Waals surface area contributed by atoms with Gasteiger partial charge in [-0.15, -0.1) is 0 Å². The second-order valence-electron chi connectivity index (χ2n) is 5.98. The first-order chi connectivity index (χ1) is 6.72. The van der Waals surface area contributed by atoms with E-state index >= 15 is 0 Å². The molecule has 0 heterocycles. The van der Waals surface area contributed by atoms with Crippen LogP contribution in [0.5, 0.6) is 0 Å². The topological polar surface area (TPSA) is 23.8 Å². The van der Waals surface area contributed by atoms with Crippen LogP contribution in [0.15, 0.2) is 0 Å². The lowest BCUT2D eigenvalue weighted by Gasteiger charge is -2.31. The third-order valence-corrected chi connectivity index (χ3v) is 5.36. The van der Waals surface area contributed by atoms with E-state index in [0.717, 1.165) is 35.5 Å². The lowest BCUT2D eigenvalue weighted by atomic mass is 9.72. The van der Waals surface area contributed by atoms with Crippen LogP contribution in [-0.2, 0) is 0 Å². The van der Waals surface area contributed by atoms with Crippen molar-refractivity contribution in [2.45, 2.75) is 33.1 Å². The van der Waals surface area contributed by atoms with Crippen molar-refractivity contribution in [3.05, 3.63) is 0 Å². The molecule has 7 unspecified atom stereocenters. The minimum atomic E-state index is 0.411. The summed E-state index contributed by atoms with van der Waals surface area (Å²) in [4.78, 5) is 0. The van der Waals surface area contributed by atoms with Crippen LogP contribution in [0, 0.1) is 52.8 Å². The monoisotopic (exact) mass is 189 g/mol. The molecule has 0 saturated heterocycles. The molecule has 3 aliphatic rings. The molecule has 0 amide bonds. The smallest absolute Gasteiger partial charge is 0.0658 e. The van der Waals surface area contributed by atoms with Crippen molar-refractivity contribution in [2.24, 2.45) is 41.4 Å². The van der Waals surface area contributed by atoms with E-state index in [1.807, 2.05) is 0 Å². The Morgan fingerprint density at radius 3 is 2.43 bits per heavy atom. The second kappa shape index (κ2) is 2.75. The summed E-state index contributed by atoms with van der Waals surface area (Å²) in [6, 6.07) is 2.54. The van der Waals surface area contributed by atoms with Gasteiger partial charge in [0.25, 0.3) is 0 Å². The molecule has 7 atom stereocenters. The van der Waals surface area contributed by atoms with Crippen molar-refractivity contribution in [1.82, 2.24) is 0 Å². The predicted octanol–water partition coefficient (Wildman–Crippen LogP) is 3.07. The highest BCUT2D eigenvalue weighted by Crippen LogP contribution is 2.64. The Morgan fingerprint density at radius 2 is 1.71 bits per heavy atom. The SMILES string of the molecule is CC1CC(C)C2C3CC(CC3C#N)C12. The van der Waals surface area contributed by atoms with Gasteiger partial charge < -0.3 is 0 Å². The van der Waals surface area contributed by atoms with Crippen molar-refractivity contribution in [3.63, 3.8) is 0 Å². The third kappa shape index (κ3) is 0.900. The maximum Gasteiger partial charge on any atom is 0.0658 e. The van der Waals surface area contributed by atoms with Gasteiger partial charge in [0.2, 0.25) is 0 Å². The number of nitrogens with zero attached hydrogens (tertiary/aromatic N) is 1. The van der Waals surface area contributed by atoms with Crippen molar-refractivity contribution in [2.75, 3.05) is 0 Å². The molecule has 0 N–H and O–H groups in total. The van der Waals surface area contributed by atoms with Crippen LogP contribution in [0.2, 0.25) is 0 Å². The van der Waals surface area contributed by atoms with Gasteiger partial charge in [-0.3, -0.25) is 0 Å². The molecule has 0 radical (unpaired) electrons. The van der Waals surface area contributed by atoms with Gasteiger partial charge in [0, 0.05) is 5.92 Å². The Bertz CT molecular complexity index is 290. The Morgan fingerprint density at radius 1 is 1.00 bits per heavy atom. The first kappa shape index (κ1) is 8.77. The zero-order valence-corrected chi connectivity index (χ0v) is 9.11. The molecule has 0 aromatic carbocycles. The van der Waals surface area contributed by atoms with Gasteiger partial charge >= 0.3 is 0 Å². The Balaban J connectivity index is 1.91. The molecule has 0 aromatic heterocycles. The molecule has 3 fully saturated rings. The first-order valence-electron chi connectivity index (χ1n) is 6.12. The second-order valence-corrected chi connectivity index (χ2v) is 5.98. The van der Waals surface area contributed by atoms with Crippen LogP contribution in [0.25, 0.3) is 0 Å². The van der Waals surface area contributed by atoms with E-state index in [0.29, 0.717) is 5.92 Å². The molecule has 14 heavy (non-hydrogen) atoms. The van der Waals surface area contributed by atoms with Gasteiger partial charge in [-0.2, -0.15) is 5.26 Å². The summed E-state index contributed by atoms with van der Waals surface area (Å²) in [7, 11) is 0. The molecule has 3 aliphatic carbocycles. The van der Waals surface area contributed by atoms with E-state index in [9.17, 15) is 0 Å². The zero-order valence-electron chi connectivity index (χ0n) is 9.11. The maximum absolute atomic E-state index is 9.11. The summed E-state index contributed by atoms with van der Waals surface area (Å²) in [5.41, 5.74) is 0. The lowest BCUT2D eigenvalue weighted by Crippen LogP contribution is -2.28. The molecule has 3 rings (SSSR count). The summed E-state index contributed by atoms with van der Waals surface area (Å²) < 4.78 is 0. The van der Waals surface area contributed by atoms with E-state index in [2.05, 4.69) is 19.9 Å². The number of rotatable bonds is 0. The minimum absolute atomic E-state index is 0.411. The Hall–Kier alpha value is -0.510. The van der Waals surface area contributed by atoms with Crippen LogP contribution in [0.1, 0.15) is 33.1 Å². The fourth-order valence-electron chi connectivity index (χ4n) is 5.14. The van der Waals surface area contributed by atoms with Crippen LogP contribution in [0.3, 0.4) is 0 Å². The summed E-state index contributed by atoms with van der Waals surface area (Å²) >= 11 is 0. The molecule has 0 aliphatic heterocycles. The lowest BCUT2D eigenvalue weighted by molar-refractivity contribution is 0.170. The van der Waals surface area contributed by atoms with Crippen LogP contribution in [0.4, 0.5) is 0 Å². The van der Waals surface area contributed by atoms with Crippen LogP contribution < -0.4 is 0 Å². The molecule has 2 bridgehead atoms. The summed E-state index contributed by atoms with van der Waals surface area (Å²) in [6.07, 6.45) is 4.02. The van der Waals surface area contributed by atoms with Gasteiger partial charge in [0.1, 0.15) is 0 Å². The Labute approximate surface area is 86.5 Å². The molecule has 1 heteroatoms. The molecule has 0 aromatic rings. The summed E-state index contributed by atoms with van der Waals surface area (Å²) in [5.74, 6) is 5.82. The van der Waals surface area contributed by atoms with Crippen molar-refractivity contribution in [3.8, 4) is 6.07 Å². The van der Waals surface area contributed by atoms with Crippen molar-refractivity contribution in [1.29, 1.82) is 5.26 Å². The molecule has 3 saturated carbocycles. The molecular weight excluding hydrogens is 170 g/mol. The van der Waals surface area contributed by atoms with Crippen molar-refractivity contribution < 1.29 is 0 Å². The predicted molar refractivity (Wildman–Crippen MR) is 55.2 cm³/mol. The number of hydrogen-bond acceptors (Lipinski definition) is 1. The quantitative estimate of drug-likeness (QED) is 0.574. The van der Waals surface area contributed by atoms with E-state index in [4.69, 9.17) is 5.26 Å². The minimum Gasteiger partial charge on any atom is -0.198 e. The molecular formula is C13H19N. The number of fused-ring (bicyclic) bond motifs is 5. The van der Waals surface area contributed by atoms with Crippen LogP contribution >= 0.6 is 0 Å². The summed E-state index contributed by atoms with van der Waals surface area (Å²) in [5, 5.41) is 9.11. The fraction of sp³-hybridized carbons (Fsp3) is 0.923. The normalized spacial score (nSPS) is 59.9. The van der Waals surface area contributed by atoms with Gasteiger partial charge in [-0.25, -0.2) is 0 Å². The van der Waals surface area contributed by atoms with E-state index in [1.165, 1.54) is 19.3 Å². The van der Waals surface area contributed by atoms with Gasteiger partial charge in [0.05, 0.1) is 6.07 Å². The van der Waals surface area contributed by atoms with E-state index in [1.54, 1.807) is 0 Å². The summed E-state index contributed by atoms with van der Waals surface area (Å²) in [6.45, 7) is 4.85. The highest BCUT2D eigenvalue weighted by molar-refractivity contribution is 5.11. The number of hydrogen-bond donors (Lipinski definition) is 0. The largest absolute Gasteiger partial charge is 0.198 e. The van der Waals surface area contributed by atoms with Crippen molar-refractivity contribution >= 4 is 0 Å². The number of nitriles is 1. The first-order valence-corrected chi connectivity index (χ1v) is 6.12. The van der Waals surface area contributed by atoms with Gasteiger partial charge in [-0.1, -0.05) is 13.8 Å². The van der Waals surface area contributed by atoms with E-state index in [-0.39, 0.29) is 0 Å². The Kier molecular flexibility index (Phi) is 1.72. The maximum atomic E-state index is 9.11. The highest BCUT2D eigenvalue weighted by atomic mass is 14.6. The highest BCUT2D eigenvalue weighted by Gasteiger charge is 2.58. The standard InChI is InChI=1S/C13H19N/c1-7-3-8(2)13-11-5-9(12(7)13)4-10(11)6-14/h7-13H,3-5H2,1-2H3. The zero-order chi connectivity index (χ0) is 9.87. The molecule has 1 nitrogen and oxygen atoms in total. The third-order valence-electron chi connectivity index (χ3n) is 5.36. The average molecular weight is 189 g/mol. The average Bonchev–Trinajstić information content (AvgIpc) is 2.78. The fourth-order valence-corrected chi connectivity index (χ4v) is 5.14. The van der Waals surface area contributed by atoms with Crippen LogP contribution in [-0.4, -0.2) is 0 Å².